The van der Waals surface area contributed by atoms with Crippen molar-refractivity contribution < 1.29 is 4.42 Å². The average molecular weight is 658 g/mol. The van der Waals surface area contributed by atoms with Crippen LogP contribution in [0.15, 0.2) is 168 Å². The van der Waals surface area contributed by atoms with Crippen LogP contribution in [0.1, 0.15) is 0 Å². The smallest absolute Gasteiger partial charge is 0.164 e. The minimum absolute atomic E-state index is 0.598. The lowest BCUT2D eigenvalue weighted by molar-refractivity contribution is 0.669. The van der Waals surface area contributed by atoms with Gasteiger partial charge in [-0.1, -0.05) is 115 Å². The van der Waals surface area contributed by atoms with Crippen LogP contribution in [0.3, 0.4) is 0 Å². The number of benzene rings is 7. The number of aromatic nitrogens is 3. The van der Waals surface area contributed by atoms with E-state index in [-0.39, 0.29) is 0 Å². The van der Waals surface area contributed by atoms with Gasteiger partial charge in [-0.05, 0) is 70.8 Å². The van der Waals surface area contributed by atoms with Crippen molar-refractivity contribution >= 4 is 53.4 Å². The van der Waals surface area contributed by atoms with Gasteiger partial charge in [0.15, 0.2) is 17.5 Å². The van der Waals surface area contributed by atoms with Crippen molar-refractivity contribution in [2.45, 2.75) is 0 Å². The molecule has 0 unspecified atom stereocenters. The molecule has 5 heteroatoms. The number of fused-ring (bicyclic) bond motifs is 6. The first kappa shape index (κ1) is 28.6. The number of thiophene rings is 1. The maximum atomic E-state index is 6.25. The van der Waals surface area contributed by atoms with Crippen molar-refractivity contribution in [2.24, 2.45) is 0 Å². The molecule has 0 fully saturated rings. The van der Waals surface area contributed by atoms with Crippen molar-refractivity contribution in [3.8, 4) is 56.4 Å². The largest absolute Gasteiger partial charge is 0.456 e. The lowest BCUT2D eigenvalue weighted by Crippen LogP contribution is -2.00. The molecule has 0 atom stereocenters. The van der Waals surface area contributed by atoms with E-state index in [1.54, 1.807) is 0 Å². The third-order valence-electron chi connectivity index (χ3n) is 9.36. The molecule has 0 saturated carbocycles. The van der Waals surface area contributed by atoms with Gasteiger partial charge in [0.05, 0.1) is 0 Å². The number of hydrogen-bond acceptors (Lipinski definition) is 5. The third-order valence-corrected chi connectivity index (χ3v) is 10.5. The first-order valence-corrected chi connectivity index (χ1v) is 17.4. The molecule has 0 spiro atoms. The van der Waals surface area contributed by atoms with Crippen molar-refractivity contribution in [1.29, 1.82) is 0 Å². The fraction of sp³-hybridized carbons (Fsp3) is 0. The van der Waals surface area contributed by atoms with Crippen molar-refractivity contribution in [2.75, 3.05) is 0 Å². The number of hydrogen-bond donors (Lipinski definition) is 0. The van der Waals surface area contributed by atoms with E-state index in [4.69, 9.17) is 19.4 Å². The zero-order chi connectivity index (χ0) is 33.0. The number of para-hydroxylation sites is 1. The molecule has 10 rings (SSSR count). The Hall–Kier alpha value is -6.43. The number of rotatable bonds is 5. The quantitative estimate of drug-likeness (QED) is 0.185. The molecular weight excluding hydrogens is 631 g/mol. The summed E-state index contributed by atoms with van der Waals surface area (Å²) in [6.45, 7) is 0. The molecule has 0 radical (unpaired) electrons. The Kier molecular flexibility index (Phi) is 6.64. The average Bonchev–Trinajstić information content (AvgIpc) is 3.75. The predicted molar refractivity (Wildman–Crippen MR) is 207 cm³/mol. The molecule has 3 heterocycles. The van der Waals surface area contributed by atoms with Crippen LogP contribution in [0.5, 0.6) is 0 Å². The maximum absolute atomic E-state index is 6.25. The van der Waals surface area contributed by atoms with Crippen LogP contribution in [-0.4, -0.2) is 15.0 Å². The summed E-state index contributed by atoms with van der Waals surface area (Å²) >= 11 is 1.81. The maximum Gasteiger partial charge on any atom is 0.164 e. The molecule has 7 aromatic carbocycles. The molecular formula is C45H27N3OS. The lowest BCUT2D eigenvalue weighted by atomic mass is 10.0. The van der Waals surface area contributed by atoms with Crippen molar-refractivity contribution in [3.05, 3.63) is 164 Å². The van der Waals surface area contributed by atoms with E-state index >= 15 is 0 Å². The summed E-state index contributed by atoms with van der Waals surface area (Å²) in [6, 6.07) is 57.0. The van der Waals surface area contributed by atoms with Gasteiger partial charge in [-0.3, -0.25) is 0 Å². The van der Waals surface area contributed by atoms with Crippen LogP contribution in [0.4, 0.5) is 0 Å². The molecule has 50 heavy (non-hydrogen) atoms. The second kappa shape index (κ2) is 11.6. The fourth-order valence-electron chi connectivity index (χ4n) is 6.80. The van der Waals surface area contributed by atoms with Gasteiger partial charge in [-0.2, -0.15) is 0 Å². The molecule has 0 aliphatic heterocycles. The zero-order valence-electron chi connectivity index (χ0n) is 26.7. The summed E-state index contributed by atoms with van der Waals surface area (Å²) < 4.78 is 8.74. The molecule has 0 aliphatic carbocycles. The fourth-order valence-corrected chi connectivity index (χ4v) is 7.86. The molecule has 4 nitrogen and oxygen atoms in total. The van der Waals surface area contributed by atoms with E-state index in [1.807, 2.05) is 41.7 Å². The Morgan fingerprint density at radius 3 is 1.48 bits per heavy atom. The van der Waals surface area contributed by atoms with E-state index in [1.165, 1.54) is 36.9 Å². The number of nitrogens with zero attached hydrogens (tertiary/aromatic N) is 3. The molecule has 10 aromatic rings. The second-order valence-corrected chi connectivity index (χ2v) is 13.5. The highest BCUT2D eigenvalue weighted by Gasteiger charge is 2.16. The summed E-state index contributed by atoms with van der Waals surface area (Å²) in [4.78, 5) is 15.2. The SMILES string of the molecule is c1ccc(-c2ccc(-c3nc(-c4ccc5c(c4)oc4ccccc45)nc(-c4ccc5sc6ccc(-c7ccccc7)cc6c5c4)n3)cc2)cc1. The topological polar surface area (TPSA) is 51.8 Å². The van der Waals surface area contributed by atoms with E-state index in [0.717, 1.165) is 44.2 Å². The lowest BCUT2D eigenvalue weighted by Gasteiger charge is -2.09. The standard InChI is InChI=1S/C45H27N3OS/c1-3-9-28(10-4-1)30-15-17-31(18-16-30)43-46-44(48-45(47-43)34-19-22-36-35-13-7-8-14-39(35)49-40(36)27-34)33-21-24-42-38(26-33)37-25-32(20-23-41(37)50-42)29-11-5-2-6-12-29/h1-27H. The molecule has 0 aliphatic rings. The van der Waals surface area contributed by atoms with Gasteiger partial charge in [-0.15, -0.1) is 11.3 Å². The Labute approximate surface area is 292 Å². The van der Waals surface area contributed by atoms with Crippen LogP contribution < -0.4 is 0 Å². The van der Waals surface area contributed by atoms with Gasteiger partial charge in [0, 0.05) is 47.6 Å². The molecule has 0 amide bonds. The van der Waals surface area contributed by atoms with Crippen LogP contribution in [-0.2, 0) is 0 Å². The minimum atomic E-state index is 0.598. The highest BCUT2D eigenvalue weighted by molar-refractivity contribution is 7.25. The summed E-state index contributed by atoms with van der Waals surface area (Å²) in [5.74, 6) is 1.85. The Morgan fingerprint density at radius 2 is 0.780 bits per heavy atom. The van der Waals surface area contributed by atoms with Gasteiger partial charge in [0.25, 0.3) is 0 Å². The van der Waals surface area contributed by atoms with Crippen molar-refractivity contribution in [3.63, 3.8) is 0 Å². The molecule has 0 saturated heterocycles. The van der Waals surface area contributed by atoms with Gasteiger partial charge in [0.1, 0.15) is 11.2 Å². The number of furan rings is 1. The molecule has 234 valence electrons. The van der Waals surface area contributed by atoms with E-state index in [0.29, 0.717) is 17.5 Å². The van der Waals surface area contributed by atoms with E-state index in [2.05, 4.69) is 133 Å². The summed E-state index contributed by atoms with van der Waals surface area (Å²) in [5, 5.41) is 4.59. The van der Waals surface area contributed by atoms with Gasteiger partial charge < -0.3 is 4.42 Å². The normalized spacial score (nSPS) is 11.6. The van der Waals surface area contributed by atoms with Gasteiger partial charge >= 0.3 is 0 Å². The molecule has 0 N–H and O–H groups in total. The Balaban J connectivity index is 1.13. The summed E-state index contributed by atoms with van der Waals surface area (Å²) in [6.07, 6.45) is 0. The Morgan fingerprint density at radius 1 is 0.320 bits per heavy atom. The van der Waals surface area contributed by atoms with Crippen LogP contribution in [0, 0.1) is 0 Å². The van der Waals surface area contributed by atoms with Crippen LogP contribution in [0.2, 0.25) is 0 Å². The minimum Gasteiger partial charge on any atom is -0.456 e. The highest BCUT2D eigenvalue weighted by atomic mass is 32.1. The van der Waals surface area contributed by atoms with Gasteiger partial charge in [-0.25, -0.2) is 15.0 Å². The summed E-state index contributed by atoms with van der Waals surface area (Å²) in [7, 11) is 0. The second-order valence-electron chi connectivity index (χ2n) is 12.4. The zero-order valence-corrected chi connectivity index (χ0v) is 27.6. The highest BCUT2D eigenvalue weighted by Crippen LogP contribution is 2.39. The predicted octanol–water partition coefficient (Wildman–Crippen LogP) is 12.5. The van der Waals surface area contributed by atoms with Crippen molar-refractivity contribution in [1.82, 2.24) is 15.0 Å². The monoisotopic (exact) mass is 657 g/mol. The van der Waals surface area contributed by atoms with E-state index in [9.17, 15) is 0 Å². The molecule has 3 aromatic heterocycles. The van der Waals surface area contributed by atoms with Crippen LogP contribution >= 0.6 is 11.3 Å². The first-order chi connectivity index (χ1) is 24.7. The first-order valence-electron chi connectivity index (χ1n) is 16.6. The summed E-state index contributed by atoms with van der Waals surface area (Å²) in [5.41, 5.74) is 9.13. The van der Waals surface area contributed by atoms with Gasteiger partial charge in [0.2, 0.25) is 0 Å². The molecule has 0 bridgehead atoms. The van der Waals surface area contributed by atoms with E-state index < -0.39 is 0 Å². The third kappa shape index (κ3) is 4.95. The Bertz CT molecular complexity index is 2860. The van der Waals surface area contributed by atoms with Crippen LogP contribution in [0.25, 0.3) is 98.5 Å².